The van der Waals surface area contributed by atoms with Crippen molar-refractivity contribution in [1.29, 1.82) is 0 Å². The van der Waals surface area contributed by atoms with E-state index in [0.29, 0.717) is 11.3 Å². The molecule has 15 heteroatoms. The fourth-order valence-corrected chi connectivity index (χ4v) is 4.46. The maximum Gasteiger partial charge on any atom is 0.433 e. The number of nitrogens with zero attached hydrogens (tertiary/aromatic N) is 4. The first-order valence-corrected chi connectivity index (χ1v) is 10.7. The van der Waals surface area contributed by atoms with Crippen molar-refractivity contribution in [3.63, 3.8) is 0 Å². The van der Waals surface area contributed by atoms with Gasteiger partial charge in [-0.15, -0.1) is 11.3 Å². The maximum atomic E-state index is 13.5. The third-order valence-electron chi connectivity index (χ3n) is 5.02. The van der Waals surface area contributed by atoms with E-state index in [1.54, 1.807) is 6.92 Å². The smallest absolute Gasteiger partial charge is 0.433 e. The van der Waals surface area contributed by atoms with Gasteiger partial charge in [0.05, 0.1) is 16.9 Å². The molecule has 0 aliphatic carbocycles. The summed E-state index contributed by atoms with van der Waals surface area (Å²) >= 11 is 0.585. The summed E-state index contributed by atoms with van der Waals surface area (Å²) in [5, 5.41) is 17.4. The van der Waals surface area contributed by atoms with Crippen molar-refractivity contribution in [2.24, 2.45) is 5.73 Å². The SMILES string of the molecule is CCC(C(=O)Nc1c(C(N)=O)sc2nc(C(F)(F)F)cc(-c3ccco3)c12)n1cc([N+](=O)[O-])cn1. The van der Waals surface area contributed by atoms with Crippen LogP contribution in [0.15, 0.2) is 41.3 Å². The van der Waals surface area contributed by atoms with Crippen molar-refractivity contribution in [1.82, 2.24) is 14.8 Å². The number of thiophene rings is 1. The van der Waals surface area contributed by atoms with Gasteiger partial charge in [0.25, 0.3) is 5.91 Å². The number of furan rings is 1. The Balaban J connectivity index is 1.87. The number of nitrogens with one attached hydrogen (secondary N) is 1. The highest BCUT2D eigenvalue weighted by Crippen LogP contribution is 2.44. The molecule has 0 fully saturated rings. The lowest BCUT2D eigenvalue weighted by Crippen LogP contribution is -2.27. The number of anilines is 1. The van der Waals surface area contributed by atoms with Crippen LogP contribution in [0.5, 0.6) is 0 Å². The molecule has 1 unspecified atom stereocenters. The van der Waals surface area contributed by atoms with Gasteiger partial charge in [-0.05, 0) is 24.6 Å². The number of fused-ring (bicyclic) bond motifs is 1. The van der Waals surface area contributed by atoms with Crippen LogP contribution in [0.4, 0.5) is 24.5 Å². The van der Waals surface area contributed by atoms with Crippen molar-refractivity contribution in [2.45, 2.75) is 25.6 Å². The largest absolute Gasteiger partial charge is 0.464 e. The molecule has 0 saturated carbocycles. The van der Waals surface area contributed by atoms with Crippen molar-refractivity contribution in [2.75, 3.05) is 5.32 Å². The molecule has 4 aromatic heterocycles. The second-order valence-electron chi connectivity index (χ2n) is 7.23. The van der Waals surface area contributed by atoms with Gasteiger partial charge in [-0.2, -0.15) is 18.3 Å². The highest BCUT2D eigenvalue weighted by molar-refractivity contribution is 7.21. The van der Waals surface area contributed by atoms with Crippen molar-refractivity contribution >= 4 is 44.7 Å². The Kier molecular flexibility index (Phi) is 6.02. The molecule has 0 aliphatic rings. The summed E-state index contributed by atoms with van der Waals surface area (Å²) in [4.78, 5) is 38.8. The zero-order valence-electron chi connectivity index (χ0n) is 17.7. The van der Waals surface area contributed by atoms with Gasteiger partial charge < -0.3 is 15.5 Å². The van der Waals surface area contributed by atoms with E-state index in [9.17, 15) is 32.9 Å². The Morgan fingerprint density at radius 1 is 1.40 bits per heavy atom. The number of nitro groups is 1. The second kappa shape index (κ2) is 8.83. The van der Waals surface area contributed by atoms with Crippen molar-refractivity contribution < 1.29 is 32.1 Å². The Bertz CT molecular complexity index is 1440. The van der Waals surface area contributed by atoms with Gasteiger partial charge in [-0.1, -0.05) is 6.92 Å². The number of primary amides is 1. The Morgan fingerprint density at radius 2 is 2.14 bits per heavy atom. The lowest BCUT2D eigenvalue weighted by atomic mass is 10.1. The lowest BCUT2D eigenvalue weighted by Gasteiger charge is -2.16. The fraction of sp³-hybridized carbons (Fsp3) is 0.200. The van der Waals surface area contributed by atoms with Crippen LogP contribution < -0.4 is 11.1 Å². The van der Waals surface area contributed by atoms with Gasteiger partial charge in [0, 0.05) is 10.9 Å². The minimum atomic E-state index is -4.79. The predicted octanol–water partition coefficient (Wildman–Crippen LogP) is 4.37. The molecular formula is C20H15F3N6O5S. The van der Waals surface area contributed by atoms with E-state index < -0.39 is 34.6 Å². The number of rotatable bonds is 7. The summed E-state index contributed by atoms with van der Waals surface area (Å²) in [5.74, 6) is -1.68. The first-order chi connectivity index (χ1) is 16.5. The van der Waals surface area contributed by atoms with Crippen molar-refractivity contribution in [3.8, 4) is 11.3 Å². The molecule has 3 N–H and O–H groups in total. The topological polar surface area (TPSA) is 159 Å². The summed E-state index contributed by atoms with van der Waals surface area (Å²) < 4.78 is 46.9. The molecular weight excluding hydrogens is 493 g/mol. The monoisotopic (exact) mass is 508 g/mol. The number of alkyl halides is 3. The number of carbonyl (C=O) groups is 2. The number of halogens is 3. The predicted molar refractivity (Wildman–Crippen MR) is 118 cm³/mol. The third-order valence-corrected chi connectivity index (χ3v) is 6.12. The Hall–Kier alpha value is -4.27. The van der Waals surface area contributed by atoms with Crippen LogP contribution in [0.3, 0.4) is 0 Å². The molecule has 1 atom stereocenters. The average molecular weight is 508 g/mol. The lowest BCUT2D eigenvalue weighted by molar-refractivity contribution is -0.385. The molecule has 0 radical (unpaired) electrons. The number of carbonyl (C=O) groups excluding carboxylic acids is 2. The van der Waals surface area contributed by atoms with E-state index in [1.807, 2.05) is 0 Å². The van der Waals surface area contributed by atoms with Crippen LogP contribution >= 0.6 is 11.3 Å². The molecule has 2 amide bonds. The molecule has 4 aromatic rings. The Morgan fingerprint density at radius 3 is 2.69 bits per heavy atom. The normalized spacial score (nSPS) is 12.6. The van der Waals surface area contributed by atoms with Gasteiger partial charge in [-0.3, -0.25) is 24.4 Å². The van der Waals surface area contributed by atoms with Crippen molar-refractivity contribution in [3.05, 3.63) is 57.5 Å². The van der Waals surface area contributed by atoms with Gasteiger partial charge in [0.2, 0.25) is 5.91 Å². The summed E-state index contributed by atoms with van der Waals surface area (Å²) in [6, 6.07) is 2.60. The van der Waals surface area contributed by atoms with E-state index in [1.165, 1.54) is 18.4 Å². The minimum absolute atomic E-state index is 0.0291. The zero-order chi connectivity index (χ0) is 25.5. The quantitative estimate of drug-likeness (QED) is 0.277. The molecule has 0 aliphatic heterocycles. The Labute approximate surface area is 197 Å². The summed E-state index contributed by atoms with van der Waals surface area (Å²) in [6.07, 6.45) is -1.34. The van der Waals surface area contributed by atoms with E-state index in [-0.39, 0.29) is 44.2 Å². The fourth-order valence-electron chi connectivity index (χ4n) is 3.45. The standard InChI is InChI=1S/C20H15F3N6O5S/c1-2-11(28-8-9(7-25-28)29(32)33)18(31)27-15-14-10(12-4-3-5-34-12)6-13(20(21,22)23)26-19(14)35-16(15)17(24)30/h3-8,11H,2H2,1H3,(H2,24,30)(H,27,31). The third kappa shape index (κ3) is 4.44. The average Bonchev–Trinajstić information content (AvgIpc) is 3.53. The molecule has 0 bridgehead atoms. The molecule has 35 heavy (non-hydrogen) atoms. The van der Waals surface area contributed by atoms with Crippen LogP contribution in [0, 0.1) is 10.1 Å². The van der Waals surface area contributed by atoms with Gasteiger partial charge >= 0.3 is 11.9 Å². The highest BCUT2D eigenvalue weighted by Gasteiger charge is 2.36. The molecule has 11 nitrogen and oxygen atoms in total. The van der Waals surface area contributed by atoms with Crippen LogP contribution in [0.25, 0.3) is 21.5 Å². The minimum Gasteiger partial charge on any atom is -0.464 e. The number of aromatic nitrogens is 3. The number of hydrogen-bond donors (Lipinski definition) is 2. The summed E-state index contributed by atoms with van der Waals surface area (Å²) in [7, 11) is 0. The highest BCUT2D eigenvalue weighted by atomic mass is 32.1. The summed E-state index contributed by atoms with van der Waals surface area (Å²) in [6.45, 7) is 1.63. The zero-order valence-corrected chi connectivity index (χ0v) is 18.5. The van der Waals surface area contributed by atoms with Gasteiger partial charge in [0.15, 0.2) is 0 Å². The van der Waals surface area contributed by atoms with E-state index >= 15 is 0 Å². The van der Waals surface area contributed by atoms with E-state index in [0.717, 1.165) is 23.1 Å². The van der Waals surface area contributed by atoms with E-state index in [2.05, 4.69) is 15.4 Å². The van der Waals surface area contributed by atoms with Crippen LogP contribution in [0.2, 0.25) is 0 Å². The van der Waals surface area contributed by atoms with E-state index in [4.69, 9.17) is 10.2 Å². The second-order valence-corrected chi connectivity index (χ2v) is 8.23. The molecule has 0 aromatic carbocycles. The van der Waals surface area contributed by atoms with Gasteiger partial charge in [0.1, 0.15) is 39.6 Å². The molecule has 0 saturated heterocycles. The van der Waals surface area contributed by atoms with Crippen LogP contribution in [-0.4, -0.2) is 31.5 Å². The number of pyridine rings is 1. The molecule has 4 heterocycles. The molecule has 0 spiro atoms. The number of amides is 2. The number of nitrogens with two attached hydrogens (primary N) is 1. The molecule has 4 rings (SSSR count). The van der Waals surface area contributed by atoms with Crippen LogP contribution in [0.1, 0.15) is 34.8 Å². The number of hydrogen-bond acceptors (Lipinski definition) is 8. The summed E-state index contributed by atoms with van der Waals surface area (Å²) in [5.41, 5.74) is 3.70. The molecule has 182 valence electrons. The van der Waals surface area contributed by atoms with Crippen LogP contribution in [-0.2, 0) is 11.0 Å². The first-order valence-electron chi connectivity index (χ1n) is 9.89. The first kappa shape index (κ1) is 23.9. The maximum absolute atomic E-state index is 13.5. The van der Waals surface area contributed by atoms with Gasteiger partial charge in [-0.25, -0.2) is 4.98 Å².